The molecule has 30 heavy (non-hydrogen) atoms. The van der Waals surface area contributed by atoms with Crippen LogP contribution < -0.4 is 16.0 Å². The number of halogens is 1. The predicted octanol–water partition coefficient (Wildman–Crippen LogP) is 1.55. The first kappa shape index (κ1) is 25.9. The van der Waals surface area contributed by atoms with Crippen LogP contribution in [0.3, 0.4) is 0 Å². The Hall–Kier alpha value is -2.17. The molecule has 0 radical (unpaired) electrons. The van der Waals surface area contributed by atoms with E-state index < -0.39 is 35.9 Å². The van der Waals surface area contributed by atoms with Crippen molar-refractivity contribution in [3.8, 4) is 0 Å². The van der Waals surface area contributed by atoms with Crippen LogP contribution in [0.4, 0.5) is 0 Å². The molecule has 0 aliphatic rings. The molecule has 0 aliphatic heterocycles. The van der Waals surface area contributed by atoms with Gasteiger partial charge in [0.1, 0.15) is 18.1 Å². The minimum Gasteiger partial charge on any atom is -0.467 e. The van der Waals surface area contributed by atoms with E-state index in [1.807, 2.05) is 38.1 Å². The number of benzene rings is 1. The van der Waals surface area contributed by atoms with Gasteiger partial charge in [0.2, 0.25) is 17.7 Å². The molecule has 0 aromatic heterocycles. The summed E-state index contributed by atoms with van der Waals surface area (Å²) in [5.41, 5.74) is 0.849. The summed E-state index contributed by atoms with van der Waals surface area (Å²) in [5.74, 6) is -1.72. The van der Waals surface area contributed by atoms with Gasteiger partial charge in [-0.25, -0.2) is 4.79 Å². The molecule has 0 unspecified atom stereocenters. The number of hydrogen-bond acceptors (Lipinski definition) is 5. The standard InChI is InChI=1S/C21H30IN3O5/c1-12(2)10-18(21(29)30-5)25-20(28)17(11-15-6-8-16(22)9-7-15)24-19(27)13(3)23-14(4)26/h6-9,12-13,17-18H,10-11H2,1-5H3,(H,23,26)(H,24,27)(H,25,28)/t13-,17-,18-/m0/s1. The molecule has 166 valence electrons. The van der Waals surface area contributed by atoms with Crippen molar-refractivity contribution < 1.29 is 23.9 Å². The molecule has 3 N–H and O–H groups in total. The van der Waals surface area contributed by atoms with E-state index in [1.54, 1.807) is 0 Å². The Kier molecular flexibility index (Phi) is 10.8. The summed E-state index contributed by atoms with van der Waals surface area (Å²) in [6, 6.07) is 5.01. The minimum atomic E-state index is -0.923. The highest BCUT2D eigenvalue weighted by Crippen LogP contribution is 2.11. The fourth-order valence-corrected chi connectivity index (χ4v) is 3.19. The Morgan fingerprint density at radius 1 is 0.933 bits per heavy atom. The van der Waals surface area contributed by atoms with Crippen LogP contribution >= 0.6 is 22.6 Å². The summed E-state index contributed by atoms with van der Waals surface area (Å²) in [5, 5.41) is 7.87. The first-order valence-electron chi connectivity index (χ1n) is 9.73. The van der Waals surface area contributed by atoms with Gasteiger partial charge in [-0.15, -0.1) is 0 Å². The van der Waals surface area contributed by atoms with Crippen LogP contribution in [0.15, 0.2) is 24.3 Å². The zero-order valence-electron chi connectivity index (χ0n) is 18.0. The van der Waals surface area contributed by atoms with Gasteiger partial charge in [-0.3, -0.25) is 14.4 Å². The monoisotopic (exact) mass is 531 g/mol. The SMILES string of the molecule is COC(=O)[C@H](CC(C)C)NC(=O)[C@H](Cc1ccc(I)cc1)NC(=O)[C@H](C)NC(C)=O. The fourth-order valence-electron chi connectivity index (χ4n) is 2.83. The van der Waals surface area contributed by atoms with Crippen molar-refractivity contribution in [3.05, 3.63) is 33.4 Å². The zero-order valence-corrected chi connectivity index (χ0v) is 20.1. The maximum atomic E-state index is 13.0. The van der Waals surface area contributed by atoms with Crippen molar-refractivity contribution in [1.82, 2.24) is 16.0 Å². The van der Waals surface area contributed by atoms with E-state index in [-0.39, 0.29) is 18.2 Å². The summed E-state index contributed by atoms with van der Waals surface area (Å²) < 4.78 is 5.84. The molecule has 0 spiro atoms. The summed E-state index contributed by atoms with van der Waals surface area (Å²) in [4.78, 5) is 48.8. The molecule has 0 heterocycles. The molecule has 1 aromatic carbocycles. The van der Waals surface area contributed by atoms with Crippen LogP contribution in [-0.2, 0) is 30.3 Å². The van der Waals surface area contributed by atoms with Crippen molar-refractivity contribution in [2.75, 3.05) is 7.11 Å². The van der Waals surface area contributed by atoms with E-state index in [9.17, 15) is 19.2 Å². The van der Waals surface area contributed by atoms with Gasteiger partial charge in [0.25, 0.3) is 0 Å². The molecular weight excluding hydrogens is 501 g/mol. The van der Waals surface area contributed by atoms with E-state index in [4.69, 9.17) is 4.74 Å². The average molecular weight is 531 g/mol. The number of carbonyl (C=O) groups excluding carboxylic acids is 4. The van der Waals surface area contributed by atoms with E-state index in [0.29, 0.717) is 6.42 Å². The number of rotatable bonds is 10. The summed E-state index contributed by atoms with van der Waals surface area (Å²) in [6.07, 6.45) is 0.641. The van der Waals surface area contributed by atoms with Crippen molar-refractivity contribution in [3.63, 3.8) is 0 Å². The maximum absolute atomic E-state index is 13.0. The molecule has 0 aliphatic carbocycles. The largest absolute Gasteiger partial charge is 0.467 e. The van der Waals surface area contributed by atoms with E-state index in [2.05, 4.69) is 38.5 Å². The lowest BCUT2D eigenvalue weighted by molar-refractivity contribution is -0.146. The fraction of sp³-hybridized carbons (Fsp3) is 0.524. The van der Waals surface area contributed by atoms with E-state index in [0.717, 1.165) is 9.13 Å². The molecule has 3 amide bonds. The molecule has 8 nitrogen and oxygen atoms in total. The van der Waals surface area contributed by atoms with E-state index >= 15 is 0 Å². The lowest BCUT2D eigenvalue weighted by atomic mass is 10.0. The molecule has 0 saturated heterocycles. The summed E-state index contributed by atoms with van der Waals surface area (Å²) >= 11 is 2.18. The topological polar surface area (TPSA) is 114 Å². The van der Waals surface area contributed by atoms with Crippen molar-refractivity contribution in [1.29, 1.82) is 0 Å². The maximum Gasteiger partial charge on any atom is 0.328 e. The second kappa shape index (κ2) is 12.5. The number of esters is 1. The van der Waals surface area contributed by atoms with Gasteiger partial charge in [0.05, 0.1) is 7.11 Å². The second-order valence-corrected chi connectivity index (χ2v) is 8.77. The van der Waals surface area contributed by atoms with E-state index in [1.165, 1.54) is 21.0 Å². The summed E-state index contributed by atoms with van der Waals surface area (Å²) in [6.45, 7) is 6.71. The van der Waals surface area contributed by atoms with Gasteiger partial charge in [-0.2, -0.15) is 0 Å². The molecule has 9 heteroatoms. The normalized spacial score (nSPS) is 13.7. The lowest BCUT2D eigenvalue weighted by Crippen LogP contribution is -2.56. The van der Waals surface area contributed by atoms with Crippen LogP contribution in [0.5, 0.6) is 0 Å². The minimum absolute atomic E-state index is 0.151. The van der Waals surface area contributed by atoms with Gasteiger partial charge in [0, 0.05) is 16.9 Å². The van der Waals surface area contributed by atoms with Gasteiger partial charge in [0.15, 0.2) is 0 Å². The third kappa shape index (κ3) is 9.10. The Morgan fingerprint density at radius 3 is 2.00 bits per heavy atom. The Balaban J connectivity index is 3.02. The van der Waals surface area contributed by atoms with Crippen LogP contribution in [0.2, 0.25) is 0 Å². The highest BCUT2D eigenvalue weighted by Gasteiger charge is 2.29. The molecule has 0 saturated carbocycles. The number of methoxy groups -OCH3 is 1. The molecule has 0 bridgehead atoms. The number of nitrogens with one attached hydrogen (secondary N) is 3. The van der Waals surface area contributed by atoms with Gasteiger partial charge in [-0.1, -0.05) is 26.0 Å². The third-order valence-corrected chi connectivity index (χ3v) is 5.03. The molecule has 3 atom stereocenters. The molecule has 1 rings (SSSR count). The van der Waals surface area contributed by atoms with Crippen molar-refractivity contribution in [2.45, 2.75) is 58.7 Å². The Morgan fingerprint density at radius 2 is 1.50 bits per heavy atom. The van der Waals surface area contributed by atoms with Gasteiger partial charge in [-0.05, 0) is 59.5 Å². The van der Waals surface area contributed by atoms with Gasteiger partial charge < -0.3 is 20.7 Å². The highest BCUT2D eigenvalue weighted by molar-refractivity contribution is 14.1. The van der Waals surface area contributed by atoms with Crippen molar-refractivity contribution >= 4 is 46.3 Å². The summed E-state index contributed by atoms with van der Waals surface area (Å²) in [7, 11) is 1.27. The first-order chi connectivity index (χ1) is 14.0. The lowest BCUT2D eigenvalue weighted by Gasteiger charge is -2.24. The van der Waals surface area contributed by atoms with Crippen LogP contribution in [0, 0.1) is 9.49 Å². The third-order valence-electron chi connectivity index (χ3n) is 4.31. The predicted molar refractivity (Wildman–Crippen MR) is 121 cm³/mol. The molecule has 0 fully saturated rings. The molecular formula is C21H30IN3O5. The smallest absolute Gasteiger partial charge is 0.328 e. The number of hydrogen-bond donors (Lipinski definition) is 3. The first-order valence-corrected chi connectivity index (χ1v) is 10.8. The Bertz CT molecular complexity index is 752. The van der Waals surface area contributed by atoms with Crippen LogP contribution in [0.25, 0.3) is 0 Å². The highest BCUT2D eigenvalue weighted by atomic mass is 127. The second-order valence-electron chi connectivity index (χ2n) is 7.53. The zero-order chi connectivity index (χ0) is 22.8. The van der Waals surface area contributed by atoms with Crippen LogP contribution in [-0.4, -0.2) is 48.9 Å². The van der Waals surface area contributed by atoms with Gasteiger partial charge >= 0.3 is 5.97 Å². The number of ether oxygens (including phenoxy) is 1. The average Bonchev–Trinajstić information content (AvgIpc) is 2.66. The molecule has 1 aromatic rings. The number of amides is 3. The van der Waals surface area contributed by atoms with Crippen molar-refractivity contribution in [2.24, 2.45) is 5.92 Å². The van der Waals surface area contributed by atoms with Crippen LogP contribution in [0.1, 0.15) is 39.7 Å². The Labute approximate surface area is 191 Å². The number of carbonyl (C=O) groups is 4. The quantitative estimate of drug-likeness (QED) is 0.313.